The Labute approximate surface area is 109 Å². The van der Waals surface area contributed by atoms with Crippen LogP contribution in [0.25, 0.3) is 0 Å². The summed E-state index contributed by atoms with van der Waals surface area (Å²) in [5, 5.41) is 0. The summed E-state index contributed by atoms with van der Waals surface area (Å²) in [5.74, 6) is 3.16. The summed E-state index contributed by atoms with van der Waals surface area (Å²) in [6, 6.07) is 7.15. The van der Waals surface area contributed by atoms with E-state index >= 15 is 0 Å². The Balaban J connectivity index is 2.59. The molecule has 0 bridgehead atoms. The average Bonchev–Trinajstić information content (AvgIpc) is 2.39. The monoisotopic (exact) mass is 245 g/mol. The van der Waals surface area contributed by atoms with E-state index in [-0.39, 0.29) is 5.91 Å². The number of nitrogens with zero attached hydrogens (tertiary/aromatic N) is 1. The normalized spacial score (nSPS) is 9.61. The molecule has 0 N–H and O–H groups in total. The number of unbranched alkanes of at least 4 members (excludes halogenated alkanes) is 1. The van der Waals surface area contributed by atoms with E-state index in [9.17, 15) is 4.79 Å². The second kappa shape index (κ2) is 7.39. The molecule has 0 fully saturated rings. The molecule has 0 aliphatic rings. The summed E-state index contributed by atoms with van der Waals surface area (Å²) in [7, 11) is 1.69. The van der Waals surface area contributed by atoms with Crippen LogP contribution in [0.1, 0.15) is 30.1 Å². The van der Waals surface area contributed by atoms with Crippen LogP contribution in [0.4, 0.5) is 0 Å². The summed E-state index contributed by atoms with van der Waals surface area (Å²) in [6.07, 6.45) is 7.31. The Morgan fingerprint density at radius 1 is 1.39 bits per heavy atom. The molecule has 1 aromatic carbocycles. The van der Waals surface area contributed by atoms with E-state index in [1.54, 1.807) is 19.2 Å². The zero-order chi connectivity index (χ0) is 13.4. The zero-order valence-electron chi connectivity index (χ0n) is 11.0. The maximum Gasteiger partial charge on any atom is 0.254 e. The van der Waals surface area contributed by atoms with Gasteiger partial charge in [0.1, 0.15) is 5.75 Å². The molecular weight excluding hydrogens is 226 g/mol. The minimum Gasteiger partial charge on any atom is -0.494 e. The molecule has 1 amide bonds. The fraction of sp³-hybridized carbons (Fsp3) is 0.400. The molecule has 0 atom stereocenters. The van der Waals surface area contributed by atoms with Crippen LogP contribution in [0.2, 0.25) is 0 Å². The van der Waals surface area contributed by atoms with E-state index in [0.717, 1.165) is 18.6 Å². The van der Waals surface area contributed by atoms with Gasteiger partial charge in [0.15, 0.2) is 0 Å². The van der Waals surface area contributed by atoms with Gasteiger partial charge in [0.05, 0.1) is 13.2 Å². The summed E-state index contributed by atoms with van der Waals surface area (Å²) in [4.78, 5) is 13.4. The Hall–Kier alpha value is -1.95. The number of rotatable bonds is 6. The van der Waals surface area contributed by atoms with Crippen molar-refractivity contribution in [2.75, 3.05) is 20.2 Å². The first-order chi connectivity index (χ1) is 8.69. The van der Waals surface area contributed by atoms with Crippen molar-refractivity contribution in [3.05, 3.63) is 29.8 Å². The highest BCUT2D eigenvalue weighted by Gasteiger charge is 2.10. The highest BCUT2D eigenvalue weighted by molar-refractivity contribution is 5.94. The SMILES string of the molecule is C#CCN(C)C(=O)c1ccc(OCCCC)cc1. The van der Waals surface area contributed by atoms with Crippen LogP contribution in [0.5, 0.6) is 5.75 Å². The highest BCUT2D eigenvalue weighted by atomic mass is 16.5. The first-order valence-corrected chi connectivity index (χ1v) is 6.10. The van der Waals surface area contributed by atoms with Gasteiger partial charge in [0, 0.05) is 12.6 Å². The molecule has 96 valence electrons. The maximum absolute atomic E-state index is 11.9. The van der Waals surface area contributed by atoms with Gasteiger partial charge in [0.25, 0.3) is 5.91 Å². The van der Waals surface area contributed by atoms with Crippen LogP contribution in [-0.4, -0.2) is 31.0 Å². The minimum atomic E-state index is -0.0759. The quantitative estimate of drug-likeness (QED) is 0.569. The van der Waals surface area contributed by atoms with E-state index in [2.05, 4.69) is 12.8 Å². The van der Waals surface area contributed by atoms with Crippen molar-refractivity contribution in [3.8, 4) is 18.1 Å². The summed E-state index contributed by atoms with van der Waals surface area (Å²) >= 11 is 0. The Morgan fingerprint density at radius 3 is 2.61 bits per heavy atom. The van der Waals surface area contributed by atoms with Crippen LogP contribution in [-0.2, 0) is 0 Å². The summed E-state index contributed by atoms with van der Waals surface area (Å²) < 4.78 is 5.53. The summed E-state index contributed by atoms with van der Waals surface area (Å²) in [6.45, 7) is 3.14. The van der Waals surface area contributed by atoms with Crippen molar-refractivity contribution in [1.29, 1.82) is 0 Å². The fourth-order valence-corrected chi connectivity index (χ4v) is 1.46. The lowest BCUT2D eigenvalue weighted by Gasteiger charge is -2.14. The van der Waals surface area contributed by atoms with Crippen LogP contribution < -0.4 is 4.74 Å². The highest BCUT2D eigenvalue weighted by Crippen LogP contribution is 2.13. The average molecular weight is 245 g/mol. The molecule has 1 rings (SSSR count). The third kappa shape index (κ3) is 4.14. The molecule has 0 aliphatic carbocycles. The zero-order valence-corrected chi connectivity index (χ0v) is 11.0. The van der Waals surface area contributed by atoms with E-state index in [1.165, 1.54) is 4.90 Å². The number of terminal acetylenes is 1. The van der Waals surface area contributed by atoms with Crippen molar-refractivity contribution in [3.63, 3.8) is 0 Å². The van der Waals surface area contributed by atoms with Gasteiger partial charge >= 0.3 is 0 Å². The maximum atomic E-state index is 11.9. The van der Waals surface area contributed by atoms with Gasteiger partial charge < -0.3 is 9.64 Å². The number of carbonyl (C=O) groups excluding carboxylic acids is 1. The number of carbonyl (C=O) groups is 1. The smallest absolute Gasteiger partial charge is 0.254 e. The van der Waals surface area contributed by atoms with Gasteiger partial charge in [0.2, 0.25) is 0 Å². The third-order valence-electron chi connectivity index (χ3n) is 2.54. The van der Waals surface area contributed by atoms with Crippen molar-refractivity contribution >= 4 is 5.91 Å². The van der Waals surface area contributed by atoms with E-state index in [4.69, 9.17) is 11.2 Å². The van der Waals surface area contributed by atoms with Gasteiger partial charge in [-0.25, -0.2) is 0 Å². The first-order valence-electron chi connectivity index (χ1n) is 6.10. The predicted molar refractivity (Wildman–Crippen MR) is 72.6 cm³/mol. The standard InChI is InChI=1S/C15H19NO2/c1-4-6-12-18-14-9-7-13(8-10-14)15(17)16(3)11-5-2/h2,7-10H,4,6,11-12H2,1,3H3. The van der Waals surface area contributed by atoms with E-state index < -0.39 is 0 Å². The van der Waals surface area contributed by atoms with E-state index in [1.807, 2.05) is 12.1 Å². The van der Waals surface area contributed by atoms with Crippen molar-refractivity contribution in [2.24, 2.45) is 0 Å². The fourth-order valence-electron chi connectivity index (χ4n) is 1.46. The Kier molecular flexibility index (Phi) is 5.79. The molecule has 0 radical (unpaired) electrons. The molecule has 3 heteroatoms. The predicted octanol–water partition coefficient (Wildman–Crippen LogP) is 2.57. The lowest BCUT2D eigenvalue weighted by molar-refractivity contribution is 0.0812. The van der Waals surface area contributed by atoms with Gasteiger partial charge in [-0.05, 0) is 30.7 Å². The number of hydrogen-bond donors (Lipinski definition) is 0. The second-order valence-electron chi connectivity index (χ2n) is 4.09. The molecule has 0 unspecified atom stereocenters. The van der Waals surface area contributed by atoms with Crippen LogP contribution in [0.3, 0.4) is 0 Å². The number of ether oxygens (including phenoxy) is 1. The molecule has 0 spiro atoms. The molecular formula is C15H19NO2. The summed E-state index contributed by atoms with van der Waals surface area (Å²) in [5.41, 5.74) is 0.621. The lowest BCUT2D eigenvalue weighted by Crippen LogP contribution is -2.26. The Morgan fingerprint density at radius 2 is 2.06 bits per heavy atom. The van der Waals surface area contributed by atoms with Gasteiger partial charge in [-0.3, -0.25) is 4.79 Å². The van der Waals surface area contributed by atoms with Gasteiger partial charge in [-0.1, -0.05) is 19.3 Å². The van der Waals surface area contributed by atoms with Crippen LogP contribution in [0, 0.1) is 12.3 Å². The molecule has 3 nitrogen and oxygen atoms in total. The number of amides is 1. The molecule has 0 saturated carbocycles. The number of benzene rings is 1. The molecule has 0 aliphatic heterocycles. The molecule has 18 heavy (non-hydrogen) atoms. The first kappa shape index (κ1) is 14.1. The van der Waals surface area contributed by atoms with Crippen molar-refractivity contribution in [1.82, 2.24) is 4.90 Å². The molecule has 0 heterocycles. The number of hydrogen-bond acceptors (Lipinski definition) is 2. The molecule has 1 aromatic rings. The van der Waals surface area contributed by atoms with Crippen LogP contribution >= 0.6 is 0 Å². The van der Waals surface area contributed by atoms with Crippen molar-refractivity contribution in [2.45, 2.75) is 19.8 Å². The second-order valence-corrected chi connectivity index (χ2v) is 4.09. The third-order valence-corrected chi connectivity index (χ3v) is 2.54. The van der Waals surface area contributed by atoms with Gasteiger partial charge in [-0.15, -0.1) is 6.42 Å². The molecule has 0 aromatic heterocycles. The lowest BCUT2D eigenvalue weighted by atomic mass is 10.2. The van der Waals surface area contributed by atoms with E-state index in [0.29, 0.717) is 18.7 Å². The van der Waals surface area contributed by atoms with Crippen LogP contribution in [0.15, 0.2) is 24.3 Å². The van der Waals surface area contributed by atoms with Crippen molar-refractivity contribution < 1.29 is 9.53 Å². The topological polar surface area (TPSA) is 29.5 Å². The van der Waals surface area contributed by atoms with Gasteiger partial charge in [-0.2, -0.15) is 0 Å². The largest absolute Gasteiger partial charge is 0.494 e. The molecule has 0 saturated heterocycles. The Bertz CT molecular complexity index is 417. The minimum absolute atomic E-state index is 0.0759.